The van der Waals surface area contributed by atoms with Crippen LogP contribution in [-0.4, -0.2) is 34.0 Å². The Morgan fingerprint density at radius 3 is 2.70 bits per heavy atom. The molecule has 0 spiro atoms. The van der Waals surface area contributed by atoms with E-state index < -0.39 is 0 Å². The number of hydrogen-bond donors (Lipinski definition) is 0. The van der Waals surface area contributed by atoms with Gasteiger partial charge in [0.15, 0.2) is 0 Å². The first-order valence-electron chi connectivity index (χ1n) is 9.41. The van der Waals surface area contributed by atoms with Crippen molar-refractivity contribution in [3.8, 4) is 11.4 Å². The minimum Gasteiger partial charge on any atom is -0.342 e. The van der Waals surface area contributed by atoms with Gasteiger partial charge in [0.25, 0.3) is 0 Å². The Balaban J connectivity index is 1.44. The second-order valence-corrected chi connectivity index (χ2v) is 7.16. The summed E-state index contributed by atoms with van der Waals surface area (Å²) in [4.78, 5) is 19.2. The van der Waals surface area contributed by atoms with Gasteiger partial charge in [-0.1, -0.05) is 65.3 Å². The lowest BCUT2D eigenvalue weighted by Crippen LogP contribution is -2.40. The Labute approximate surface area is 159 Å². The van der Waals surface area contributed by atoms with Crippen LogP contribution >= 0.6 is 0 Å². The van der Waals surface area contributed by atoms with E-state index in [0.717, 1.165) is 30.5 Å². The number of hydrogen-bond acceptors (Lipinski definition) is 4. The normalized spacial score (nSPS) is 17.1. The summed E-state index contributed by atoms with van der Waals surface area (Å²) >= 11 is 0. The zero-order valence-corrected chi connectivity index (χ0v) is 15.5. The van der Waals surface area contributed by atoms with E-state index in [1.807, 2.05) is 59.5 Å². The average Bonchev–Trinajstić information content (AvgIpc) is 3.20. The van der Waals surface area contributed by atoms with E-state index >= 15 is 0 Å². The number of piperidine rings is 1. The first kappa shape index (κ1) is 17.5. The number of amides is 1. The molecule has 1 unspecified atom stereocenters. The molecule has 138 valence electrons. The number of carbonyl (C=O) groups is 1. The summed E-state index contributed by atoms with van der Waals surface area (Å²) in [6.07, 6.45) is 2.35. The van der Waals surface area contributed by atoms with Crippen LogP contribution in [0.25, 0.3) is 11.4 Å². The molecule has 1 aliphatic rings. The number of carbonyl (C=O) groups excluding carboxylic acids is 1. The lowest BCUT2D eigenvalue weighted by Gasteiger charge is -2.31. The standard InChI is InChI=1S/C22H23N3O2/c1-16-9-11-18(12-10-16)21-23-22(27-24-21)19-8-5-13-25(15-19)20(26)14-17-6-3-2-4-7-17/h2-4,6-7,9-12,19H,5,8,13-15H2,1H3. The first-order valence-corrected chi connectivity index (χ1v) is 9.41. The third-order valence-corrected chi connectivity index (χ3v) is 5.07. The van der Waals surface area contributed by atoms with E-state index in [4.69, 9.17) is 4.52 Å². The molecule has 0 saturated carbocycles. The SMILES string of the molecule is Cc1ccc(-c2noc(C3CCCN(C(=O)Cc4ccccc4)C3)n2)cc1. The van der Waals surface area contributed by atoms with Crippen molar-refractivity contribution in [2.45, 2.75) is 32.1 Å². The van der Waals surface area contributed by atoms with E-state index in [2.05, 4.69) is 17.1 Å². The van der Waals surface area contributed by atoms with Gasteiger partial charge in [-0.15, -0.1) is 0 Å². The lowest BCUT2D eigenvalue weighted by molar-refractivity contribution is -0.131. The Bertz CT molecular complexity index is 903. The molecule has 0 N–H and O–H groups in total. The molecule has 1 saturated heterocycles. The zero-order valence-electron chi connectivity index (χ0n) is 15.5. The molecule has 5 heteroatoms. The van der Waals surface area contributed by atoms with Gasteiger partial charge in [0.1, 0.15) is 0 Å². The van der Waals surface area contributed by atoms with Gasteiger partial charge in [0.2, 0.25) is 17.6 Å². The predicted octanol–water partition coefficient (Wildman–Crippen LogP) is 3.99. The fraction of sp³-hybridized carbons (Fsp3) is 0.318. The highest BCUT2D eigenvalue weighted by molar-refractivity contribution is 5.79. The molecular weight excluding hydrogens is 338 g/mol. The number of nitrogens with zero attached hydrogens (tertiary/aromatic N) is 3. The molecule has 5 nitrogen and oxygen atoms in total. The Kier molecular flexibility index (Phi) is 5.01. The minimum atomic E-state index is 0.102. The van der Waals surface area contributed by atoms with Crippen molar-refractivity contribution in [3.63, 3.8) is 0 Å². The smallest absolute Gasteiger partial charge is 0.231 e. The van der Waals surface area contributed by atoms with Crippen molar-refractivity contribution in [1.82, 2.24) is 15.0 Å². The number of likely N-dealkylation sites (tertiary alicyclic amines) is 1. The molecule has 1 aromatic heterocycles. The molecule has 0 radical (unpaired) electrons. The Hall–Kier alpha value is -2.95. The number of aryl methyl sites for hydroxylation is 1. The van der Waals surface area contributed by atoms with Crippen LogP contribution in [0.15, 0.2) is 59.1 Å². The molecule has 2 heterocycles. The number of aromatic nitrogens is 2. The van der Waals surface area contributed by atoms with Gasteiger partial charge in [-0.3, -0.25) is 4.79 Å². The lowest BCUT2D eigenvalue weighted by atomic mass is 9.97. The second kappa shape index (κ2) is 7.74. The van der Waals surface area contributed by atoms with Gasteiger partial charge >= 0.3 is 0 Å². The van der Waals surface area contributed by atoms with E-state index in [0.29, 0.717) is 24.7 Å². The molecule has 1 atom stereocenters. The van der Waals surface area contributed by atoms with Gasteiger partial charge in [-0.25, -0.2) is 0 Å². The maximum atomic E-state index is 12.7. The summed E-state index contributed by atoms with van der Waals surface area (Å²) in [5.74, 6) is 1.50. The van der Waals surface area contributed by atoms with Crippen molar-refractivity contribution >= 4 is 5.91 Å². The highest BCUT2D eigenvalue weighted by Gasteiger charge is 2.28. The predicted molar refractivity (Wildman–Crippen MR) is 103 cm³/mol. The molecular formula is C22H23N3O2. The van der Waals surface area contributed by atoms with Crippen molar-refractivity contribution < 1.29 is 9.32 Å². The van der Waals surface area contributed by atoms with Gasteiger partial charge in [-0.05, 0) is 25.3 Å². The number of benzene rings is 2. The van der Waals surface area contributed by atoms with Crippen LogP contribution in [-0.2, 0) is 11.2 Å². The van der Waals surface area contributed by atoms with Crippen molar-refractivity contribution in [3.05, 3.63) is 71.6 Å². The second-order valence-electron chi connectivity index (χ2n) is 7.16. The summed E-state index contributed by atoms with van der Waals surface area (Å²) in [6.45, 7) is 3.48. The van der Waals surface area contributed by atoms with Crippen molar-refractivity contribution in [2.75, 3.05) is 13.1 Å². The van der Waals surface area contributed by atoms with Gasteiger partial charge < -0.3 is 9.42 Å². The molecule has 0 bridgehead atoms. The van der Waals surface area contributed by atoms with Gasteiger partial charge in [0.05, 0.1) is 12.3 Å². The molecule has 3 aromatic rings. The fourth-order valence-corrected chi connectivity index (χ4v) is 3.51. The third kappa shape index (κ3) is 4.08. The summed E-state index contributed by atoms with van der Waals surface area (Å²) in [6, 6.07) is 18.0. The molecule has 2 aromatic carbocycles. The highest BCUT2D eigenvalue weighted by Crippen LogP contribution is 2.28. The molecule has 1 amide bonds. The quantitative estimate of drug-likeness (QED) is 0.705. The molecule has 0 aliphatic carbocycles. The van der Waals surface area contributed by atoms with Crippen molar-refractivity contribution in [1.29, 1.82) is 0 Å². The Morgan fingerprint density at radius 1 is 1.15 bits per heavy atom. The van der Waals surface area contributed by atoms with E-state index in [-0.39, 0.29) is 11.8 Å². The van der Waals surface area contributed by atoms with E-state index in [1.165, 1.54) is 5.56 Å². The maximum absolute atomic E-state index is 12.7. The summed E-state index contributed by atoms with van der Waals surface area (Å²) in [5, 5.41) is 4.14. The summed E-state index contributed by atoms with van der Waals surface area (Å²) < 4.78 is 5.54. The van der Waals surface area contributed by atoms with Gasteiger partial charge in [-0.2, -0.15) is 4.98 Å². The highest BCUT2D eigenvalue weighted by atomic mass is 16.5. The first-order chi connectivity index (χ1) is 13.2. The number of rotatable bonds is 4. The maximum Gasteiger partial charge on any atom is 0.231 e. The largest absolute Gasteiger partial charge is 0.342 e. The Morgan fingerprint density at radius 2 is 1.93 bits per heavy atom. The van der Waals surface area contributed by atoms with Crippen LogP contribution < -0.4 is 0 Å². The molecule has 1 fully saturated rings. The van der Waals surface area contributed by atoms with E-state index in [9.17, 15) is 4.79 Å². The zero-order chi connectivity index (χ0) is 18.6. The average molecular weight is 361 g/mol. The summed E-state index contributed by atoms with van der Waals surface area (Å²) in [5.41, 5.74) is 3.19. The molecule has 27 heavy (non-hydrogen) atoms. The van der Waals surface area contributed by atoms with Crippen LogP contribution in [0.2, 0.25) is 0 Å². The van der Waals surface area contributed by atoms with Crippen LogP contribution in [0.1, 0.15) is 35.8 Å². The third-order valence-electron chi connectivity index (χ3n) is 5.07. The van der Waals surface area contributed by atoms with Crippen LogP contribution in [0.3, 0.4) is 0 Å². The molecule has 4 rings (SSSR count). The van der Waals surface area contributed by atoms with Gasteiger partial charge in [0, 0.05) is 18.7 Å². The van der Waals surface area contributed by atoms with Crippen LogP contribution in [0, 0.1) is 6.92 Å². The van der Waals surface area contributed by atoms with Crippen molar-refractivity contribution in [2.24, 2.45) is 0 Å². The van der Waals surface area contributed by atoms with E-state index in [1.54, 1.807) is 0 Å². The topological polar surface area (TPSA) is 59.2 Å². The monoisotopic (exact) mass is 361 g/mol. The minimum absolute atomic E-state index is 0.102. The molecule has 1 aliphatic heterocycles. The van der Waals surface area contributed by atoms with Crippen LogP contribution in [0.5, 0.6) is 0 Å². The fourth-order valence-electron chi connectivity index (χ4n) is 3.51. The summed E-state index contributed by atoms with van der Waals surface area (Å²) in [7, 11) is 0. The van der Waals surface area contributed by atoms with Crippen LogP contribution in [0.4, 0.5) is 0 Å².